The highest BCUT2D eigenvalue weighted by Gasteiger charge is 2.02. The average molecular weight is 223 g/mol. The van der Waals surface area contributed by atoms with E-state index in [4.69, 9.17) is 4.74 Å². The standard InChI is InChI=1S/C13H18FNO/c1-3-4-5-8-15-10-11-6-7-13(16-2)12(14)9-11/h3-4,6-7,9,15H,5,8,10H2,1-2H3/b4-3+. The van der Waals surface area contributed by atoms with Crippen LogP contribution in [-0.2, 0) is 6.54 Å². The van der Waals surface area contributed by atoms with Crippen molar-refractivity contribution in [3.63, 3.8) is 0 Å². The van der Waals surface area contributed by atoms with Crippen molar-refractivity contribution in [2.75, 3.05) is 13.7 Å². The molecule has 1 aromatic carbocycles. The van der Waals surface area contributed by atoms with Crippen molar-refractivity contribution in [2.24, 2.45) is 0 Å². The first-order chi connectivity index (χ1) is 7.77. The first-order valence-corrected chi connectivity index (χ1v) is 5.42. The molecule has 0 unspecified atom stereocenters. The van der Waals surface area contributed by atoms with Crippen LogP contribution in [0, 0.1) is 5.82 Å². The highest BCUT2D eigenvalue weighted by molar-refractivity contribution is 5.29. The van der Waals surface area contributed by atoms with E-state index in [9.17, 15) is 4.39 Å². The second kappa shape index (κ2) is 7.01. The first-order valence-electron chi connectivity index (χ1n) is 5.42. The van der Waals surface area contributed by atoms with E-state index in [1.807, 2.05) is 19.1 Å². The van der Waals surface area contributed by atoms with Crippen LogP contribution in [0.25, 0.3) is 0 Å². The molecule has 0 spiro atoms. The van der Waals surface area contributed by atoms with E-state index in [-0.39, 0.29) is 11.6 Å². The quantitative estimate of drug-likeness (QED) is 0.591. The van der Waals surface area contributed by atoms with Crippen LogP contribution in [0.2, 0.25) is 0 Å². The van der Waals surface area contributed by atoms with Gasteiger partial charge in [-0.25, -0.2) is 4.39 Å². The lowest BCUT2D eigenvalue weighted by molar-refractivity contribution is 0.386. The average Bonchev–Trinajstić information content (AvgIpc) is 2.29. The molecule has 1 aromatic rings. The summed E-state index contributed by atoms with van der Waals surface area (Å²) in [7, 11) is 1.47. The van der Waals surface area contributed by atoms with Crippen LogP contribution in [0.1, 0.15) is 18.9 Å². The number of rotatable bonds is 6. The molecule has 1 N–H and O–H groups in total. The van der Waals surface area contributed by atoms with E-state index in [2.05, 4.69) is 11.4 Å². The van der Waals surface area contributed by atoms with Crippen molar-refractivity contribution in [2.45, 2.75) is 19.9 Å². The second-order valence-electron chi connectivity index (χ2n) is 3.50. The van der Waals surface area contributed by atoms with Crippen LogP contribution in [-0.4, -0.2) is 13.7 Å². The van der Waals surface area contributed by atoms with Crippen LogP contribution in [0.15, 0.2) is 30.4 Å². The molecule has 0 aromatic heterocycles. The summed E-state index contributed by atoms with van der Waals surface area (Å²) in [5.74, 6) is -0.0204. The monoisotopic (exact) mass is 223 g/mol. The molecule has 0 radical (unpaired) electrons. The molecule has 16 heavy (non-hydrogen) atoms. The maximum absolute atomic E-state index is 13.3. The molecule has 2 nitrogen and oxygen atoms in total. The van der Waals surface area contributed by atoms with Gasteiger partial charge in [0.2, 0.25) is 0 Å². The van der Waals surface area contributed by atoms with Gasteiger partial charge in [-0.3, -0.25) is 0 Å². The molecular formula is C13H18FNO. The van der Waals surface area contributed by atoms with Crippen molar-refractivity contribution < 1.29 is 9.13 Å². The fourth-order valence-corrected chi connectivity index (χ4v) is 1.40. The maximum atomic E-state index is 13.3. The molecule has 0 atom stereocenters. The van der Waals surface area contributed by atoms with Crippen molar-refractivity contribution in [3.05, 3.63) is 41.7 Å². The smallest absolute Gasteiger partial charge is 0.165 e. The van der Waals surface area contributed by atoms with E-state index >= 15 is 0 Å². The number of methoxy groups -OCH3 is 1. The summed E-state index contributed by atoms with van der Waals surface area (Å²) >= 11 is 0. The zero-order valence-electron chi connectivity index (χ0n) is 9.79. The predicted octanol–water partition coefficient (Wildman–Crippen LogP) is 2.89. The van der Waals surface area contributed by atoms with E-state index in [0.29, 0.717) is 6.54 Å². The molecule has 88 valence electrons. The zero-order valence-corrected chi connectivity index (χ0v) is 9.79. The summed E-state index contributed by atoms with van der Waals surface area (Å²) in [5.41, 5.74) is 0.929. The summed E-state index contributed by atoms with van der Waals surface area (Å²) in [5, 5.41) is 3.24. The van der Waals surface area contributed by atoms with Crippen molar-refractivity contribution in [1.29, 1.82) is 0 Å². The molecule has 0 amide bonds. The third-order valence-electron chi connectivity index (χ3n) is 2.27. The molecule has 3 heteroatoms. The second-order valence-corrected chi connectivity index (χ2v) is 3.50. The van der Waals surface area contributed by atoms with Gasteiger partial charge in [-0.15, -0.1) is 0 Å². The largest absolute Gasteiger partial charge is 0.494 e. The molecule has 0 heterocycles. The van der Waals surface area contributed by atoms with Crippen LogP contribution in [0.5, 0.6) is 5.75 Å². The highest BCUT2D eigenvalue weighted by Crippen LogP contribution is 2.17. The molecule has 0 aliphatic rings. The molecule has 0 saturated heterocycles. The van der Waals surface area contributed by atoms with Gasteiger partial charge in [0, 0.05) is 6.54 Å². The molecular weight excluding hydrogens is 205 g/mol. The Labute approximate surface area is 96.1 Å². The molecule has 0 aliphatic heterocycles. The summed E-state index contributed by atoms with van der Waals surface area (Å²) in [6.45, 7) is 3.58. The number of ether oxygens (including phenoxy) is 1. The van der Waals surface area contributed by atoms with Crippen LogP contribution in [0.4, 0.5) is 4.39 Å². The SMILES string of the molecule is C/C=C/CCNCc1ccc(OC)c(F)c1. The Morgan fingerprint density at radius 1 is 1.44 bits per heavy atom. The minimum absolute atomic E-state index is 0.290. The summed E-state index contributed by atoms with van der Waals surface area (Å²) < 4.78 is 18.2. The van der Waals surface area contributed by atoms with Crippen LogP contribution < -0.4 is 10.1 Å². The van der Waals surface area contributed by atoms with E-state index in [1.165, 1.54) is 13.2 Å². The van der Waals surface area contributed by atoms with Crippen LogP contribution >= 0.6 is 0 Å². The minimum atomic E-state index is -0.310. The van der Waals surface area contributed by atoms with Gasteiger partial charge in [-0.05, 0) is 37.6 Å². The van der Waals surface area contributed by atoms with Gasteiger partial charge in [0.25, 0.3) is 0 Å². The van der Waals surface area contributed by atoms with Gasteiger partial charge >= 0.3 is 0 Å². The van der Waals surface area contributed by atoms with E-state index in [0.717, 1.165) is 18.5 Å². The van der Waals surface area contributed by atoms with Crippen molar-refractivity contribution >= 4 is 0 Å². The van der Waals surface area contributed by atoms with Gasteiger partial charge in [0.05, 0.1) is 7.11 Å². The lowest BCUT2D eigenvalue weighted by atomic mass is 10.2. The molecule has 1 rings (SSSR count). The Bertz CT molecular complexity index is 350. The Hall–Kier alpha value is -1.35. The summed E-state index contributed by atoms with van der Waals surface area (Å²) in [4.78, 5) is 0. The summed E-state index contributed by atoms with van der Waals surface area (Å²) in [6.07, 6.45) is 5.12. The third kappa shape index (κ3) is 4.03. The predicted molar refractivity (Wildman–Crippen MR) is 64.1 cm³/mol. The lowest BCUT2D eigenvalue weighted by Gasteiger charge is -2.06. The lowest BCUT2D eigenvalue weighted by Crippen LogP contribution is -2.14. The van der Waals surface area contributed by atoms with Crippen LogP contribution in [0.3, 0.4) is 0 Å². The van der Waals surface area contributed by atoms with E-state index < -0.39 is 0 Å². The van der Waals surface area contributed by atoms with Gasteiger partial charge in [0.15, 0.2) is 11.6 Å². The number of benzene rings is 1. The van der Waals surface area contributed by atoms with Gasteiger partial charge in [-0.1, -0.05) is 18.2 Å². The molecule has 0 fully saturated rings. The van der Waals surface area contributed by atoms with Gasteiger partial charge < -0.3 is 10.1 Å². The zero-order chi connectivity index (χ0) is 11.8. The number of hydrogen-bond acceptors (Lipinski definition) is 2. The van der Waals surface area contributed by atoms with Gasteiger partial charge in [0.1, 0.15) is 0 Å². The Kier molecular flexibility index (Phi) is 5.57. The third-order valence-corrected chi connectivity index (χ3v) is 2.27. The highest BCUT2D eigenvalue weighted by atomic mass is 19.1. The minimum Gasteiger partial charge on any atom is -0.494 e. The Morgan fingerprint density at radius 3 is 2.88 bits per heavy atom. The van der Waals surface area contributed by atoms with Crippen molar-refractivity contribution in [3.8, 4) is 5.75 Å². The topological polar surface area (TPSA) is 21.3 Å². The fourth-order valence-electron chi connectivity index (χ4n) is 1.40. The molecule has 0 aliphatic carbocycles. The van der Waals surface area contributed by atoms with E-state index in [1.54, 1.807) is 6.07 Å². The first kappa shape index (κ1) is 12.7. The number of allylic oxidation sites excluding steroid dienone is 1. The Morgan fingerprint density at radius 2 is 2.25 bits per heavy atom. The molecule has 0 saturated carbocycles. The number of halogens is 1. The normalized spacial score (nSPS) is 10.9. The number of hydrogen-bond donors (Lipinski definition) is 1. The number of nitrogens with one attached hydrogen (secondary N) is 1. The molecule has 0 bridgehead atoms. The maximum Gasteiger partial charge on any atom is 0.165 e. The van der Waals surface area contributed by atoms with Gasteiger partial charge in [-0.2, -0.15) is 0 Å². The Balaban J connectivity index is 2.40. The van der Waals surface area contributed by atoms with Crippen molar-refractivity contribution in [1.82, 2.24) is 5.32 Å². The summed E-state index contributed by atoms with van der Waals surface area (Å²) in [6, 6.07) is 5.02. The fraction of sp³-hybridized carbons (Fsp3) is 0.385.